The molecule has 6 nitrogen and oxygen atoms in total. The highest BCUT2D eigenvalue weighted by atomic mass is 16.5. The number of nitrogens with one attached hydrogen (secondary N) is 1. The molecule has 1 N–H and O–H groups in total. The van der Waals surface area contributed by atoms with Crippen LogP contribution in [0.25, 0.3) is 0 Å². The van der Waals surface area contributed by atoms with E-state index in [9.17, 15) is 9.59 Å². The maximum absolute atomic E-state index is 12.3. The zero-order valence-corrected chi connectivity index (χ0v) is 14.8. The minimum Gasteiger partial charge on any atom is -0.361 e. The molecule has 2 amide bonds. The van der Waals surface area contributed by atoms with Gasteiger partial charge in [-0.3, -0.25) is 9.59 Å². The van der Waals surface area contributed by atoms with Crippen molar-refractivity contribution in [3.63, 3.8) is 0 Å². The first-order chi connectivity index (χ1) is 12.5. The standard InChI is InChI=1S/C20H21N3O3/c1-13(2)10-16-11-15(23-26-16)12-21-19(24)17-8-9-18(22-20(17)25)14-6-4-3-5-7-14/h3-9,11,13,17H,10,12H2,1-2H3,(H,21,24). The Morgan fingerprint density at radius 2 is 2.04 bits per heavy atom. The van der Waals surface area contributed by atoms with E-state index < -0.39 is 17.7 Å². The van der Waals surface area contributed by atoms with Gasteiger partial charge < -0.3 is 9.84 Å². The first-order valence-electron chi connectivity index (χ1n) is 8.61. The highest BCUT2D eigenvalue weighted by Gasteiger charge is 2.27. The molecule has 3 rings (SSSR count). The number of benzene rings is 1. The van der Waals surface area contributed by atoms with Gasteiger partial charge in [-0.25, -0.2) is 4.99 Å². The van der Waals surface area contributed by atoms with Crippen LogP contribution in [0.15, 0.2) is 58.1 Å². The van der Waals surface area contributed by atoms with Crippen molar-refractivity contribution in [2.24, 2.45) is 16.8 Å². The summed E-state index contributed by atoms with van der Waals surface area (Å²) in [4.78, 5) is 28.6. The second-order valence-electron chi connectivity index (χ2n) is 6.64. The van der Waals surface area contributed by atoms with Crippen molar-refractivity contribution < 1.29 is 14.1 Å². The van der Waals surface area contributed by atoms with E-state index in [0.717, 1.165) is 17.7 Å². The van der Waals surface area contributed by atoms with Crippen molar-refractivity contribution in [2.45, 2.75) is 26.8 Å². The maximum atomic E-state index is 12.3. The molecule has 1 aromatic heterocycles. The summed E-state index contributed by atoms with van der Waals surface area (Å²) in [7, 11) is 0. The van der Waals surface area contributed by atoms with Gasteiger partial charge in [-0.1, -0.05) is 55.4 Å². The largest absolute Gasteiger partial charge is 0.361 e. The third-order valence-electron chi connectivity index (χ3n) is 3.96. The predicted octanol–water partition coefficient (Wildman–Crippen LogP) is 2.69. The van der Waals surface area contributed by atoms with Crippen molar-refractivity contribution in [2.75, 3.05) is 0 Å². The van der Waals surface area contributed by atoms with E-state index in [1.54, 1.807) is 12.2 Å². The van der Waals surface area contributed by atoms with Crippen molar-refractivity contribution in [3.05, 3.63) is 65.6 Å². The van der Waals surface area contributed by atoms with Gasteiger partial charge in [0.2, 0.25) is 5.91 Å². The van der Waals surface area contributed by atoms with E-state index in [2.05, 4.69) is 29.3 Å². The summed E-state index contributed by atoms with van der Waals surface area (Å²) in [6.07, 6.45) is 4.08. The van der Waals surface area contributed by atoms with Crippen LogP contribution in [-0.4, -0.2) is 22.7 Å². The van der Waals surface area contributed by atoms with Crippen LogP contribution in [0.4, 0.5) is 0 Å². The second-order valence-corrected chi connectivity index (χ2v) is 6.64. The minimum absolute atomic E-state index is 0.216. The Kier molecular flexibility index (Phi) is 5.41. The van der Waals surface area contributed by atoms with Crippen LogP contribution in [0.3, 0.4) is 0 Å². The number of rotatable bonds is 6. The Morgan fingerprint density at radius 3 is 2.73 bits per heavy atom. The molecular weight excluding hydrogens is 330 g/mol. The van der Waals surface area contributed by atoms with Gasteiger partial charge in [-0.05, 0) is 12.0 Å². The molecule has 0 fully saturated rings. The van der Waals surface area contributed by atoms with E-state index >= 15 is 0 Å². The predicted molar refractivity (Wildman–Crippen MR) is 97.5 cm³/mol. The summed E-state index contributed by atoms with van der Waals surface area (Å²) >= 11 is 0. The molecule has 6 heteroatoms. The van der Waals surface area contributed by atoms with Crippen molar-refractivity contribution in [1.29, 1.82) is 0 Å². The van der Waals surface area contributed by atoms with E-state index in [-0.39, 0.29) is 6.54 Å². The monoisotopic (exact) mass is 351 g/mol. The Morgan fingerprint density at radius 1 is 1.27 bits per heavy atom. The van der Waals surface area contributed by atoms with Crippen LogP contribution < -0.4 is 5.32 Å². The fourth-order valence-corrected chi connectivity index (χ4v) is 2.69. The highest BCUT2D eigenvalue weighted by Crippen LogP contribution is 2.14. The number of amides is 2. The summed E-state index contributed by atoms with van der Waals surface area (Å²) in [5, 5.41) is 6.65. The Labute approximate surface area is 152 Å². The van der Waals surface area contributed by atoms with E-state index in [4.69, 9.17) is 4.52 Å². The lowest BCUT2D eigenvalue weighted by atomic mass is 10.0. The van der Waals surface area contributed by atoms with E-state index in [1.165, 1.54) is 0 Å². The SMILES string of the molecule is CC(C)Cc1cc(CNC(=O)C2C=CC(c3ccccc3)=NC2=O)no1. The summed E-state index contributed by atoms with van der Waals surface area (Å²) in [6.45, 7) is 4.40. The lowest BCUT2D eigenvalue weighted by molar-refractivity contribution is -0.131. The smallest absolute Gasteiger partial charge is 0.262 e. The molecule has 0 bridgehead atoms. The molecular formula is C20H21N3O3. The van der Waals surface area contributed by atoms with Crippen molar-refractivity contribution in [1.82, 2.24) is 10.5 Å². The molecule has 2 heterocycles. The lowest BCUT2D eigenvalue weighted by Gasteiger charge is -2.14. The summed E-state index contributed by atoms with van der Waals surface area (Å²) in [5.74, 6) is -0.522. The summed E-state index contributed by atoms with van der Waals surface area (Å²) in [5.41, 5.74) is 2.04. The van der Waals surface area contributed by atoms with Gasteiger partial charge in [-0.15, -0.1) is 0 Å². The van der Waals surface area contributed by atoms with E-state index in [1.807, 2.05) is 36.4 Å². The van der Waals surface area contributed by atoms with Crippen molar-refractivity contribution in [3.8, 4) is 0 Å². The topological polar surface area (TPSA) is 84.6 Å². The molecule has 26 heavy (non-hydrogen) atoms. The molecule has 1 atom stereocenters. The number of allylic oxidation sites excluding steroid dienone is 1. The number of carbonyl (C=O) groups is 2. The van der Waals surface area contributed by atoms with Crippen LogP contribution in [0.2, 0.25) is 0 Å². The number of aromatic nitrogens is 1. The number of dihydropyridines is 1. The molecule has 1 aliphatic heterocycles. The normalized spacial score (nSPS) is 16.7. The number of hydrogen-bond acceptors (Lipinski definition) is 4. The summed E-state index contributed by atoms with van der Waals surface area (Å²) < 4.78 is 5.23. The Hall–Kier alpha value is -3.02. The van der Waals surface area contributed by atoms with Crippen LogP contribution in [0.1, 0.15) is 30.9 Å². The van der Waals surface area contributed by atoms with Gasteiger partial charge in [0.1, 0.15) is 17.4 Å². The fraction of sp³-hybridized carbons (Fsp3) is 0.300. The maximum Gasteiger partial charge on any atom is 0.262 e. The highest BCUT2D eigenvalue weighted by molar-refractivity contribution is 6.18. The minimum atomic E-state index is -0.913. The van der Waals surface area contributed by atoms with Crippen LogP contribution in [-0.2, 0) is 22.6 Å². The second kappa shape index (κ2) is 7.91. The molecule has 0 saturated heterocycles. The third-order valence-corrected chi connectivity index (χ3v) is 3.96. The van der Waals surface area contributed by atoms with Crippen molar-refractivity contribution >= 4 is 17.5 Å². The Balaban J connectivity index is 1.58. The number of aliphatic imine (C=N–C) groups is 1. The Bertz CT molecular complexity index is 850. The van der Waals surface area contributed by atoms with E-state index in [0.29, 0.717) is 17.3 Å². The average Bonchev–Trinajstić information content (AvgIpc) is 3.07. The molecule has 134 valence electrons. The van der Waals surface area contributed by atoms with Gasteiger partial charge in [0.25, 0.3) is 5.91 Å². The average molecular weight is 351 g/mol. The molecule has 0 radical (unpaired) electrons. The molecule has 0 spiro atoms. The molecule has 1 aromatic carbocycles. The van der Waals surface area contributed by atoms with Gasteiger partial charge in [0.05, 0.1) is 12.3 Å². The number of hydrogen-bond donors (Lipinski definition) is 1. The van der Waals surface area contributed by atoms with Crippen LogP contribution >= 0.6 is 0 Å². The van der Waals surface area contributed by atoms with Gasteiger partial charge in [0.15, 0.2) is 0 Å². The lowest BCUT2D eigenvalue weighted by Crippen LogP contribution is -2.35. The first kappa shape index (κ1) is 17.8. The first-order valence-corrected chi connectivity index (χ1v) is 8.61. The van der Waals surface area contributed by atoms with Crippen LogP contribution in [0.5, 0.6) is 0 Å². The number of nitrogens with zero attached hydrogens (tertiary/aromatic N) is 2. The third kappa shape index (κ3) is 4.33. The molecule has 2 aromatic rings. The van der Waals surface area contributed by atoms with Crippen LogP contribution in [0, 0.1) is 11.8 Å². The zero-order valence-electron chi connectivity index (χ0n) is 14.8. The molecule has 1 unspecified atom stereocenters. The number of carbonyl (C=O) groups excluding carboxylic acids is 2. The zero-order chi connectivity index (χ0) is 18.5. The summed E-state index contributed by atoms with van der Waals surface area (Å²) in [6, 6.07) is 11.2. The fourth-order valence-electron chi connectivity index (χ4n) is 2.69. The molecule has 0 saturated carbocycles. The molecule has 1 aliphatic rings. The van der Waals surface area contributed by atoms with Gasteiger partial charge in [0, 0.05) is 18.1 Å². The van der Waals surface area contributed by atoms with Gasteiger partial charge in [-0.2, -0.15) is 0 Å². The quantitative estimate of drug-likeness (QED) is 0.811. The van der Waals surface area contributed by atoms with Gasteiger partial charge >= 0.3 is 0 Å². The molecule has 0 aliphatic carbocycles.